The Morgan fingerprint density at radius 3 is 2.37 bits per heavy atom. The fourth-order valence-electron chi connectivity index (χ4n) is 1.60. The SMILES string of the molecule is Cc1cc([C@H](C)O)ccc1OCCS(=O)(=O)C(C)C. The van der Waals surface area contributed by atoms with Crippen LogP contribution in [0.25, 0.3) is 0 Å². The molecule has 0 aromatic heterocycles. The summed E-state index contributed by atoms with van der Waals surface area (Å²) in [4.78, 5) is 0. The Labute approximate surface area is 115 Å². The lowest BCUT2D eigenvalue weighted by molar-refractivity contribution is 0.199. The van der Waals surface area contributed by atoms with Crippen molar-refractivity contribution in [1.82, 2.24) is 0 Å². The van der Waals surface area contributed by atoms with E-state index in [9.17, 15) is 13.5 Å². The number of benzene rings is 1. The highest BCUT2D eigenvalue weighted by Crippen LogP contribution is 2.22. The number of hydrogen-bond acceptors (Lipinski definition) is 4. The molecule has 0 heterocycles. The van der Waals surface area contributed by atoms with Gasteiger partial charge in [-0.1, -0.05) is 6.07 Å². The molecule has 0 unspecified atom stereocenters. The Kier molecular flexibility index (Phi) is 5.38. The molecule has 1 rings (SSSR count). The molecule has 0 spiro atoms. The topological polar surface area (TPSA) is 63.6 Å². The molecular formula is C14H22O4S. The van der Waals surface area contributed by atoms with E-state index in [-0.39, 0.29) is 17.6 Å². The van der Waals surface area contributed by atoms with Crippen LogP contribution < -0.4 is 4.74 Å². The zero-order valence-corrected chi connectivity index (χ0v) is 12.7. The first-order chi connectivity index (χ1) is 8.74. The van der Waals surface area contributed by atoms with E-state index >= 15 is 0 Å². The number of aliphatic hydroxyl groups is 1. The third-order valence-corrected chi connectivity index (χ3v) is 5.20. The maximum absolute atomic E-state index is 11.6. The second kappa shape index (κ2) is 6.39. The molecule has 0 aliphatic rings. The zero-order valence-electron chi connectivity index (χ0n) is 11.9. The minimum atomic E-state index is -3.07. The standard InChI is InChI=1S/C14H22O4S/c1-10(2)19(16,17)8-7-18-14-6-5-13(12(4)15)9-11(14)3/h5-6,9-10,12,15H,7-8H2,1-4H3/t12-/m0/s1. The Morgan fingerprint density at radius 1 is 1.26 bits per heavy atom. The third kappa shape index (κ3) is 4.51. The molecule has 1 N–H and O–H groups in total. The van der Waals surface area contributed by atoms with Gasteiger partial charge in [0.05, 0.1) is 17.1 Å². The van der Waals surface area contributed by atoms with Crippen LogP contribution in [0.4, 0.5) is 0 Å². The summed E-state index contributed by atoms with van der Waals surface area (Å²) in [6.45, 7) is 7.05. The predicted octanol–water partition coefficient (Wildman–Crippen LogP) is 2.25. The minimum absolute atomic E-state index is 0.0161. The van der Waals surface area contributed by atoms with E-state index in [1.165, 1.54) is 0 Å². The fraction of sp³-hybridized carbons (Fsp3) is 0.571. The van der Waals surface area contributed by atoms with Crippen LogP contribution in [0.3, 0.4) is 0 Å². The summed E-state index contributed by atoms with van der Waals surface area (Å²) in [6.07, 6.45) is -0.519. The number of sulfone groups is 1. The lowest BCUT2D eigenvalue weighted by Crippen LogP contribution is -2.22. The molecule has 0 aliphatic carbocycles. The molecule has 5 heteroatoms. The number of ether oxygens (including phenoxy) is 1. The second-order valence-electron chi connectivity index (χ2n) is 4.97. The fourth-order valence-corrected chi connectivity index (χ4v) is 2.38. The number of hydrogen-bond donors (Lipinski definition) is 1. The van der Waals surface area contributed by atoms with Gasteiger partial charge in [0.15, 0.2) is 9.84 Å². The molecule has 19 heavy (non-hydrogen) atoms. The molecule has 4 nitrogen and oxygen atoms in total. The predicted molar refractivity (Wildman–Crippen MR) is 76.2 cm³/mol. The van der Waals surface area contributed by atoms with E-state index in [2.05, 4.69) is 0 Å². The summed E-state index contributed by atoms with van der Waals surface area (Å²) in [5.74, 6) is 0.672. The summed E-state index contributed by atoms with van der Waals surface area (Å²) >= 11 is 0. The van der Waals surface area contributed by atoms with E-state index in [0.29, 0.717) is 5.75 Å². The van der Waals surface area contributed by atoms with E-state index < -0.39 is 15.9 Å². The average molecular weight is 286 g/mol. The second-order valence-corrected chi connectivity index (χ2v) is 7.64. The Hall–Kier alpha value is -1.07. The molecule has 1 atom stereocenters. The minimum Gasteiger partial charge on any atom is -0.492 e. The van der Waals surface area contributed by atoms with Crippen LogP contribution in [0.2, 0.25) is 0 Å². The van der Waals surface area contributed by atoms with Gasteiger partial charge in [0.1, 0.15) is 12.4 Å². The maximum atomic E-state index is 11.6. The van der Waals surface area contributed by atoms with Gasteiger partial charge < -0.3 is 9.84 Å². The summed E-state index contributed by atoms with van der Waals surface area (Å²) in [5, 5.41) is 9.08. The van der Waals surface area contributed by atoms with Crippen LogP contribution in [0.15, 0.2) is 18.2 Å². The van der Waals surface area contributed by atoms with Crippen molar-refractivity contribution in [2.75, 3.05) is 12.4 Å². The third-order valence-electron chi connectivity index (χ3n) is 3.03. The molecular weight excluding hydrogens is 264 g/mol. The van der Waals surface area contributed by atoms with Crippen LogP contribution in [-0.2, 0) is 9.84 Å². The molecule has 0 saturated carbocycles. The molecule has 0 fully saturated rings. The van der Waals surface area contributed by atoms with Crippen LogP contribution >= 0.6 is 0 Å². The van der Waals surface area contributed by atoms with Crippen molar-refractivity contribution in [3.63, 3.8) is 0 Å². The van der Waals surface area contributed by atoms with Gasteiger partial charge in [-0.15, -0.1) is 0 Å². The lowest BCUT2D eigenvalue weighted by Gasteiger charge is -2.13. The summed E-state index contributed by atoms with van der Waals surface area (Å²) in [5.41, 5.74) is 1.71. The summed E-state index contributed by atoms with van der Waals surface area (Å²) < 4.78 is 28.8. The van der Waals surface area contributed by atoms with Crippen molar-refractivity contribution >= 4 is 9.84 Å². The first-order valence-electron chi connectivity index (χ1n) is 6.37. The molecule has 1 aromatic rings. The zero-order chi connectivity index (χ0) is 14.6. The van der Waals surface area contributed by atoms with Crippen molar-refractivity contribution in [2.45, 2.75) is 39.0 Å². The van der Waals surface area contributed by atoms with Gasteiger partial charge in [-0.2, -0.15) is 0 Å². The van der Waals surface area contributed by atoms with Crippen molar-refractivity contribution in [3.8, 4) is 5.75 Å². The van der Waals surface area contributed by atoms with Gasteiger partial charge in [0, 0.05) is 0 Å². The van der Waals surface area contributed by atoms with Gasteiger partial charge in [-0.3, -0.25) is 0 Å². The van der Waals surface area contributed by atoms with Crippen LogP contribution in [0.5, 0.6) is 5.75 Å². The Balaban J connectivity index is 2.65. The largest absolute Gasteiger partial charge is 0.492 e. The van der Waals surface area contributed by atoms with Gasteiger partial charge in [-0.25, -0.2) is 8.42 Å². The number of aryl methyl sites for hydroxylation is 1. The van der Waals surface area contributed by atoms with Crippen LogP contribution in [0.1, 0.15) is 38.0 Å². The van der Waals surface area contributed by atoms with Crippen molar-refractivity contribution in [1.29, 1.82) is 0 Å². The summed E-state index contributed by atoms with van der Waals surface area (Å²) in [7, 11) is -3.07. The Morgan fingerprint density at radius 2 is 1.89 bits per heavy atom. The molecule has 0 aliphatic heterocycles. The first-order valence-corrected chi connectivity index (χ1v) is 8.08. The molecule has 1 aromatic carbocycles. The van der Waals surface area contributed by atoms with E-state index in [4.69, 9.17) is 4.74 Å². The highest BCUT2D eigenvalue weighted by molar-refractivity contribution is 7.91. The van der Waals surface area contributed by atoms with Crippen LogP contribution in [0, 0.1) is 6.92 Å². The first kappa shape index (κ1) is 16.0. The van der Waals surface area contributed by atoms with Crippen molar-refractivity contribution < 1.29 is 18.3 Å². The monoisotopic (exact) mass is 286 g/mol. The molecule has 108 valence electrons. The van der Waals surface area contributed by atoms with Gasteiger partial charge >= 0.3 is 0 Å². The smallest absolute Gasteiger partial charge is 0.155 e. The van der Waals surface area contributed by atoms with Crippen molar-refractivity contribution in [3.05, 3.63) is 29.3 Å². The molecule has 0 amide bonds. The van der Waals surface area contributed by atoms with Crippen molar-refractivity contribution in [2.24, 2.45) is 0 Å². The van der Waals surface area contributed by atoms with E-state index in [0.717, 1.165) is 11.1 Å². The molecule has 0 bridgehead atoms. The highest BCUT2D eigenvalue weighted by atomic mass is 32.2. The van der Waals surface area contributed by atoms with E-state index in [1.54, 1.807) is 32.9 Å². The average Bonchev–Trinajstić information content (AvgIpc) is 2.30. The normalized spacial score (nSPS) is 13.6. The van der Waals surface area contributed by atoms with Gasteiger partial charge in [-0.05, 0) is 51.0 Å². The summed E-state index contributed by atoms with van der Waals surface area (Å²) in [6, 6.07) is 5.39. The quantitative estimate of drug-likeness (QED) is 0.871. The number of aliphatic hydroxyl groups excluding tert-OH is 1. The number of rotatable bonds is 6. The maximum Gasteiger partial charge on any atom is 0.155 e. The molecule has 0 saturated heterocycles. The molecule has 0 radical (unpaired) electrons. The van der Waals surface area contributed by atoms with E-state index in [1.807, 2.05) is 13.0 Å². The highest BCUT2D eigenvalue weighted by Gasteiger charge is 2.16. The van der Waals surface area contributed by atoms with Crippen LogP contribution in [-0.4, -0.2) is 31.1 Å². The van der Waals surface area contributed by atoms with Gasteiger partial charge in [0.25, 0.3) is 0 Å². The Bertz CT molecular complexity index is 518. The van der Waals surface area contributed by atoms with Gasteiger partial charge in [0.2, 0.25) is 0 Å². The lowest BCUT2D eigenvalue weighted by atomic mass is 10.1.